The van der Waals surface area contributed by atoms with Gasteiger partial charge in [0.15, 0.2) is 0 Å². The van der Waals surface area contributed by atoms with Crippen molar-refractivity contribution >= 4 is 23.5 Å². The van der Waals surface area contributed by atoms with Crippen molar-refractivity contribution in [1.29, 1.82) is 0 Å². The fourth-order valence-corrected chi connectivity index (χ4v) is 2.37. The Kier molecular flexibility index (Phi) is 6.08. The molecule has 126 valence electrons. The van der Waals surface area contributed by atoms with Gasteiger partial charge in [0, 0.05) is 44.3 Å². The smallest absolute Gasteiger partial charge is 0.313 e. The van der Waals surface area contributed by atoms with Gasteiger partial charge in [-0.2, -0.15) is 0 Å². The summed E-state index contributed by atoms with van der Waals surface area (Å²) in [6.45, 7) is 2.93. The van der Waals surface area contributed by atoms with Crippen molar-refractivity contribution in [3.63, 3.8) is 0 Å². The molecule has 2 rings (SSSR count). The normalized spacial score (nSPS) is 12.3. The highest BCUT2D eigenvalue weighted by atomic mass is 35.5. The molecule has 0 aromatic carbocycles. The minimum Gasteiger partial charge on any atom is -0.361 e. The molecule has 8 heteroatoms. The standard InChI is InChI=1S/C16H18ClN5O2/c1-3-21(11-12-6-7-15(17)20-10-12)16(18-2)14(22(23)24)9-13-5-4-8-19-13/h4-10,19H,3,11H2,1-2H3/b14-9+,18-16-. The molecule has 0 aliphatic heterocycles. The van der Waals surface area contributed by atoms with Crippen molar-refractivity contribution in [1.82, 2.24) is 14.9 Å². The van der Waals surface area contributed by atoms with E-state index in [-0.39, 0.29) is 5.70 Å². The minimum atomic E-state index is -0.425. The average Bonchev–Trinajstić information content (AvgIpc) is 3.08. The largest absolute Gasteiger partial charge is 0.361 e. The third-order valence-electron chi connectivity index (χ3n) is 3.40. The van der Waals surface area contributed by atoms with Gasteiger partial charge in [-0.05, 0) is 30.7 Å². The summed E-state index contributed by atoms with van der Waals surface area (Å²) in [5.74, 6) is 0.312. The third-order valence-corrected chi connectivity index (χ3v) is 3.62. The molecule has 0 unspecified atom stereocenters. The van der Waals surface area contributed by atoms with Crippen molar-refractivity contribution in [2.24, 2.45) is 4.99 Å². The van der Waals surface area contributed by atoms with Crippen LogP contribution in [-0.4, -0.2) is 39.2 Å². The second kappa shape index (κ2) is 8.26. The monoisotopic (exact) mass is 347 g/mol. The lowest BCUT2D eigenvalue weighted by atomic mass is 10.2. The van der Waals surface area contributed by atoms with Gasteiger partial charge in [0.25, 0.3) is 0 Å². The molecule has 0 saturated carbocycles. The predicted octanol–water partition coefficient (Wildman–Crippen LogP) is 3.23. The van der Waals surface area contributed by atoms with Crippen LogP contribution in [0.15, 0.2) is 47.3 Å². The fourth-order valence-electron chi connectivity index (χ4n) is 2.25. The summed E-state index contributed by atoms with van der Waals surface area (Å²) in [5, 5.41) is 11.9. The van der Waals surface area contributed by atoms with Crippen molar-refractivity contribution < 1.29 is 4.92 Å². The Balaban J connectivity index is 2.31. The molecule has 2 aromatic rings. The maximum absolute atomic E-state index is 11.5. The first-order valence-electron chi connectivity index (χ1n) is 7.37. The van der Waals surface area contributed by atoms with E-state index in [1.165, 1.54) is 6.08 Å². The number of halogens is 1. The topological polar surface area (TPSA) is 87.4 Å². The summed E-state index contributed by atoms with van der Waals surface area (Å²) in [7, 11) is 1.55. The van der Waals surface area contributed by atoms with Gasteiger partial charge in [-0.3, -0.25) is 15.1 Å². The van der Waals surface area contributed by atoms with Crippen LogP contribution >= 0.6 is 11.6 Å². The van der Waals surface area contributed by atoms with E-state index < -0.39 is 4.92 Å². The summed E-state index contributed by atoms with van der Waals surface area (Å²) in [6, 6.07) is 7.07. The molecule has 1 N–H and O–H groups in total. The number of hydrogen-bond acceptors (Lipinski definition) is 4. The van der Waals surface area contributed by atoms with Crippen LogP contribution in [0.5, 0.6) is 0 Å². The highest BCUT2D eigenvalue weighted by Gasteiger charge is 2.24. The van der Waals surface area contributed by atoms with Gasteiger partial charge in [0.1, 0.15) is 5.15 Å². The average molecular weight is 348 g/mol. The van der Waals surface area contributed by atoms with E-state index in [1.807, 2.05) is 17.9 Å². The third kappa shape index (κ3) is 4.42. The summed E-state index contributed by atoms with van der Waals surface area (Å²) < 4.78 is 0. The van der Waals surface area contributed by atoms with Crippen LogP contribution in [0.25, 0.3) is 6.08 Å². The van der Waals surface area contributed by atoms with Crippen molar-refractivity contribution in [2.45, 2.75) is 13.5 Å². The Morgan fingerprint density at radius 1 is 1.50 bits per heavy atom. The molecule has 0 fully saturated rings. The lowest BCUT2D eigenvalue weighted by molar-refractivity contribution is -0.414. The van der Waals surface area contributed by atoms with Gasteiger partial charge >= 0.3 is 5.70 Å². The van der Waals surface area contributed by atoms with Crippen LogP contribution in [0, 0.1) is 10.1 Å². The molecule has 2 heterocycles. The molecular weight excluding hydrogens is 330 g/mol. The number of aromatic nitrogens is 2. The van der Waals surface area contributed by atoms with Crippen LogP contribution in [-0.2, 0) is 6.54 Å². The molecule has 2 aromatic heterocycles. The summed E-state index contributed by atoms with van der Waals surface area (Å²) in [5.41, 5.74) is 1.47. The van der Waals surface area contributed by atoms with E-state index in [0.717, 1.165) is 5.56 Å². The number of H-pyrrole nitrogens is 1. The number of hydrogen-bond donors (Lipinski definition) is 1. The first-order chi connectivity index (χ1) is 11.5. The van der Waals surface area contributed by atoms with E-state index in [0.29, 0.717) is 29.8 Å². The summed E-state index contributed by atoms with van der Waals surface area (Å²) in [4.78, 5) is 24.0. The molecule has 0 spiro atoms. The molecule has 0 aliphatic rings. The van der Waals surface area contributed by atoms with E-state index in [9.17, 15) is 10.1 Å². The quantitative estimate of drug-likeness (QED) is 0.286. The van der Waals surface area contributed by atoms with Crippen LogP contribution < -0.4 is 0 Å². The number of nitrogens with zero attached hydrogens (tertiary/aromatic N) is 4. The van der Waals surface area contributed by atoms with E-state index in [2.05, 4.69) is 15.0 Å². The van der Waals surface area contributed by atoms with Crippen LogP contribution in [0.1, 0.15) is 18.2 Å². The number of nitro groups is 1. The molecule has 0 atom stereocenters. The summed E-state index contributed by atoms with van der Waals surface area (Å²) >= 11 is 5.79. The first-order valence-corrected chi connectivity index (χ1v) is 7.75. The Labute approximate surface area is 144 Å². The van der Waals surface area contributed by atoms with Gasteiger partial charge in [0.05, 0.1) is 4.92 Å². The number of aromatic amines is 1. The van der Waals surface area contributed by atoms with Crippen molar-refractivity contribution in [3.8, 4) is 0 Å². The van der Waals surface area contributed by atoms with Crippen molar-refractivity contribution in [2.75, 3.05) is 13.6 Å². The zero-order chi connectivity index (χ0) is 17.5. The zero-order valence-corrected chi connectivity index (χ0v) is 14.2. The second-order valence-electron chi connectivity index (χ2n) is 4.96. The van der Waals surface area contributed by atoms with Gasteiger partial charge in [-0.1, -0.05) is 17.7 Å². The lowest BCUT2D eigenvalue weighted by Crippen LogP contribution is -2.34. The molecule has 7 nitrogen and oxygen atoms in total. The van der Waals surface area contributed by atoms with E-state index >= 15 is 0 Å². The number of aliphatic imine (C=N–C) groups is 1. The number of rotatable bonds is 6. The van der Waals surface area contributed by atoms with Gasteiger partial charge in [0.2, 0.25) is 5.84 Å². The predicted molar refractivity (Wildman–Crippen MR) is 94.5 cm³/mol. The SMILES string of the molecule is CCN(Cc1ccc(Cl)nc1)C(=N\C)/C(=C\c1ccc[nH]1)[N+](=O)[O-]. The molecule has 0 saturated heterocycles. The molecular formula is C16H18ClN5O2. The number of pyridine rings is 1. The van der Waals surface area contributed by atoms with E-state index in [1.54, 1.807) is 37.6 Å². The minimum absolute atomic E-state index is 0.0660. The lowest BCUT2D eigenvalue weighted by Gasteiger charge is -2.22. The number of amidine groups is 1. The van der Waals surface area contributed by atoms with E-state index in [4.69, 9.17) is 11.6 Å². The summed E-state index contributed by atoms with van der Waals surface area (Å²) in [6.07, 6.45) is 4.84. The molecule has 0 aliphatic carbocycles. The number of nitrogens with one attached hydrogen (secondary N) is 1. The van der Waals surface area contributed by atoms with Crippen LogP contribution in [0.4, 0.5) is 0 Å². The van der Waals surface area contributed by atoms with Gasteiger partial charge in [-0.25, -0.2) is 4.98 Å². The maximum Gasteiger partial charge on any atom is 0.313 e. The fraction of sp³-hybridized carbons (Fsp3) is 0.250. The Morgan fingerprint density at radius 3 is 2.79 bits per heavy atom. The number of likely N-dealkylation sites (N-methyl/N-ethyl adjacent to an activating group) is 1. The van der Waals surface area contributed by atoms with Crippen LogP contribution in [0.2, 0.25) is 5.15 Å². The maximum atomic E-state index is 11.5. The zero-order valence-electron chi connectivity index (χ0n) is 13.4. The molecule has 0 amide bonds. The Bertz CT molecular complexity index is 738. The van der Waals surface area contributed by atoms with Gasteiger partial charge < -0.3 is 9.88 Å². The first kappa shape index (κ1) is 17.7. The van der Waals surface area contributed by atoms with Gasteiger partial charge in [-0.15, -0.1) is 0 Å². The highest BCUT2D eigenvalue weighted by Crippen LogP contribution is 2.14. The second-order valence-corrected chi connectivity index (χ2v) is 5.35. The highest BCUT2D eigenvalue weighted by molar-refractivity contribution is 6.29. The van der Waals surface area contributed by atoms with Crippen LogP contribution in [0.3, 0.4) is 0 Å². The Hall–Kier alpha value is -2.67. The van der Waals surface area contributed by atoms with Crippen molar-refractivity contribution in [3.05, 3.63) is 68.9 Å². The Morgan fingerprint density at radius 2 is 2.29 bits per heavy atom. The molecule has 24 heavy (non-hydrogen) atoms. The molecule has 0 bridgehead atoms. The molecule has 0 radical (unpaired) electrons.